The van der Waals surface area contributed by atoms with E-state index in [2.05, 4.69) is 14.8 Å². The minimum atomic E-state index is -3.56. The van der Waals surface area contributed by atoms with Crippen LogP contribution in [0.2, 0.25) is 5.02 Å². The molecule has 1 atom stereocenters. The Labute approximate surface area is 129 Å². The van der Waals surface area contributed by atoms with Gasteiger partial charge in [-0.25, -0.2) is 22.8 Å². The highest BCUT2D eigenvalue weighted by Gasteiger charge is 2.17. The first-order valence-corrected chi connectivity index (χ1v) is 8.30. The summed E-state index contributed by atoms with van der Waals surface area (Å²) in [7, 11) is -3.56. The molecule has 8 heteroatoms. The van der Waals surface area contributed by atoms with E-state index in [9.17, 15) is 8.42 Å². The highest BCUT2D eigenvalue weighted by molar-refractivity contribution is 7.89. The number of benzene rings is 1. The van der Waals surface area contributed by atoms with Gasteiger partial charge in [-0.2, -0.15) is 5.10 Å². The summed E-state index contributed by atoms with van der Waals surface area (Å²) in [6.07, 6.45) is 0. The predicted molar refractivity (Wildman–Crippen MR) is 80.8 cm³/mol. The average Bonchev–Trinajstić information content (AvgIpc) is 2.76. The van der Waals surface area contributed by atoms with Gasteiger partial charge in [-0.15, -0.1) is 0 Å². The van der Waals surface area contributed by atoms with Crippen LogP contribution in [0.3, 0.4) is 0 Å². The number of aromatic nitrogens is 3. The Morgan fingerprint density at radius 2 is 1.90 bits per heavy atom. The molecule has 0 radical (unpaired) electrons. The third-order valence-corrected chi connectivity index (χ3v) is 4.71. The molecule has 0 aliphatic carbocycles. The van der Waals surface area contributed by atoms with E-state index >= 15 is 0 Å². The number of sulfonamides is 1. The first-order valence-electron chi connectivity index (χ1n) is 6.44. The van der Waals surface area contributed by atoms with Crippen molar-refractivity contribution in [3.8, 4) is 0 Å². The van der Waals surface area contributed by atoms with Crippen LogP contribution in [0, 0.1) is 13.8 Å². The molecule has 1 aromatic heterocycles. The maximum atomic E-state index is 12.2. The van der Waals surface area contributed by atoms with Gasteiger partial charge in [0.2, 0.25) is 10.0 Å². The molecule has 21 heavy (non-hydrogen) atoms. The van der Waals surface area contributed by atoms with Crippen LogP contribution >= 0.6 is 11.6 Å². The summed E-state index contributed by atoms with van der Waals surface area (Å²) in [6, 6.07) is 5.91. The van der Waals surface area contributed by atoms with Gasteiger partial charge in [0, 0.05) is 11.6 Å². The van der Waals surface area contributed by atoms with E-state index < -0.39 is 10.0 Å². The smallest absolute Gasteiger partial charge is 0.240 e. The first-order chi connectivity index (χ1) is 9.79. The molecule has 0 saturated heterocycles. The molecule has 0 fully saturated rings. The molecule has 2 aromatic rings. The predicted octanol–water partition coefficient (Wildman–Crippen LogP) is 2.09. The van der Waals surface area contributed by atoms with Gasteiger partial charge in [-0.05, 0) is 45.0 Å². The molecule has 0 amide bonds. The van der Waals surface area contributed by atoms with E-state index in [4.69, 9.17) is 11.6 Å². The van der Waals surface area contributed by atoms with E-state index in [0.717, 1.165) is 5.82 Å². The van der Waals surface area contributed by atoms with Crippen molar-refractivity contribution >= 4 is 21.6 Å². The highest BCUT2D eigenvalue weighted by atomic mass is 35.5. The molecule has 0 aliphatic heterocycles. The van der Waals surface area contributed by atoms with E-state index in [1.54, 1.807) is 23.7 Å². The zero-order chi connectivity index (χ0) is 15.6. The maximum Gasteiger partial charge on any atom is 0.240 e. The van der Waals surface area contributed by atoms with Crippen molar-refractivity contribution in [2.75, 3.05) is 6.54 Å². The molecule has 0 aliphatic rings. The molecule has 0 unspecified atom stereocenters. The molecule has 0 spiro atoms. The molecule has 6 nitrogen and oxygen atoms in total. The van der Waals surface area contributed by atoms with Gasteiger partial charge >= 0.3 is 0 Å². The Morgan fingerprint density at radius 3 is 2.43 bits per heavy atom. The Hall–Kier alpha value is -1.44. The number of rotatable bonds is 5. The second kappa shape index (κ2) is 6.13. The van der Waals surface area contributed by atoms with Crippen LogP contribution in [0.5, 0.6) is 0 Å². The van der Waals surface area contributed by atoms with Crippen molar-refractivity contribution in [3.05, 3.63) is 40.9 Å². The minimum absolute atomic E-state index is 0.131. The van der Waals surface area contributed by atoms with Gasteiger partial charge in [-0.1, -0.05) is 11.6 Å². The number of nitrogens with one attached hydrogen (secondary N) is 1. The SMILES string of the molecule is Cc1nc(C)n([C@@H](C)CNS(=O)(=O)c2ccc(Cl)cc2)n1. The monoisotopic (exact) mass is 328 g/mol. The standard InChI is InChI=1S/C13H17ClN4O2S/c1-9(18-11(3)16-10(2)17-18)8-15-21(19,20)13-6-4-12(14)5-7-13/h4-7,9,15H,8H2,1-3H3/t9-/m0/s1. The average molecular weight is 329 g/mol. The summed E-state index contributed by atoms with van der Waals surface area (Å²) < 4.78 is 28.6. The molecular formula is C13H17ClN4O2S. The normalized spacial score (nSPS) is 13.3. The van der Waals surface area contributed by atoms with Crippen molar-refractivity contribution < 1.29 is 8.42 Å². The molecule has 1 N–H and O–H groups in total. The van der Waals surface area contributed by atoms with E-state index in [1.807, 2.05) is 13.8 Å². The lowest BCUT2D eigenvalue weighted by atomic mass is 10.3. The largest absolute Gasteiger partial charge is 0.246 e. The summed E-state index contributed by atoms with van der Waals surface area (Å²) in [6.45, 7) is 5.75. The lowest BCUT2D eigenvalue weighted by Gasteiger charge is -2.14. The molecule has 1 heterocycles. The minimum Gasteiger partial charge on any atom is -0.246 e. The van der Waals surface area contributed by atoms with Gasteiger partial charge < -0.3 is 0 Å². The molecule has 0 bridgehead atoms. The molecular weight excluding hydrogens is 312 g/mol. The Balaban J connectivity index is 2.08. The van der Waals surface area contributed by atoms with Crippen molar-refractivity contribution in [1.82, 2.24) is 19.5 Å². The molecule has 2 rings (SSSR count). The summed E-state index contributed by atoms with van der Waals surface area (Å²) in [5.74, 6) is 1.42. The van der Waals surface area contributed by atoms with Crippen LogP contribution in [0.1, 0.15) is 24.6 Å². The Bertz CT molecular complexity index is 725. The fraction of sp³-hybridized carbons (Fsp3) is 0.385. The fourth-order valence-corrected chi connectivity index (χ4v) is 3.22. The van der Waals surface area contributed by atoms with Crippen LogP contribution in [0.15, 0.2) is 29.2 Å². The summed E-state index contributed by atoms with van der Waals surface area (Å²) in [4.78, 5) is 4.39. The number of aryl methyl sites for hydroxylation is 2. The number of nitrogens with zero attached hydrogens (tertiary/aromatic N) is 3. The van der Waals surface area contributed by atoms with E-state index in [0.29, 0.717) is 10.8 Å². The van der Waals surface area contributed by atoms with Crippen LogP contribution in [-0.4, -0.2) is 29.7 Å². The topological polar surface area (TPSA) is 76.9 Å². The van der Waals surface area contributed by atoms with Crippen LogP contribution < -0.4 is 4.72 Å². The van der Waals surface area contributed by atoms with Crippen molar-refractivity contribution in [2.24, 2.45) is 0 Å². The van der Waals surface area contributed by atoms with Crippen molar-refractivity contribution in [1.29, 1.82) is 0 Å². The second-order valence-electron chi connectivity index (χ2n) is 4.81. The summed E-state index contributed by atoms with van der Waals surface area (Å²) in [5.41, 5.74) is 0. The molecule has 1 aromatic carbocycles. The highest BCUT2D eigenvalue weighted by Crippen LogP contribution is 2.14. The van der Waals surface area contributed by atoms with Gasteiger partial charge in [0.15, 0.2) is 0 Å². The number of halogens is 1. The fourth-order valence-electron chi connectivity index (χ4n) is 1.97. The second-order valence-corrected chi connectivity index (χ2v) is 7.01. The van der Waals surface area contributed by atoms with E-state index in [-0.39, 0.29) is 17.5 Å². The third-order valence-electron chi connectivity index (χ3n) is 3.02. The first kappa shape index (κ1) is 15.9. The molecule has 114 valence electrons. The van der Waals surface area contributed by atoms with Crippen LogP contribution in [0.25, 0.3) is 0 Å². The van der Waals surface area contributed by atoms with E-state index in [1.165, 1.54) is 12.1 Å². The number of hydrogen-bond donors (Lipinski definition) is 1. The third kappa shape index (κ3) is 3.81. The quantitative estimate of drug-likeness (QED) is 0.911. The number of hydrogen-bond acceptors (Lipinski definition) is 4. The lowest BCUT2D eigenvalue weighted by Crippen LogP contribution is -2.30. The van der Waals surface area contributed by atoms with Crippen LogP contribution in [-0.2, 0) is 10.0 Å². The van der Waals surface area contributed by atoms with Crippen LogP contribution in [0.4, 0.5) is 0 Å². The molecule has 0 saturated carbocycles. The van der Waals surface area contributed by atoms with Gasteiger partial charge in [-0.3, -0.25) is 0 Å². The summed E-state index contributed by atoms with van der Waals surface area (Å²) in [5, 5.41) is 4.74. The van der Waals surface area contributed by atoms with Gasteiger partial charge in [0.25, 0.3) is 0 Å². The van der Waals surface area contributed by atoms with Gasteiger partial charge in [0.1, 0.15) is 11.6 Å². The Morgan fingerprint density at radius 1 is 1.29 bits per heavy atom. The Kier molecular flexibility index (Phi) is 4.65. The maximum absolute atomic E-state index is 12.2. The zero-order valence-corrected chi connectivity index (χ0v) is 13.6. The van der Waals surface area contributed by atoms with Crippen molar-refractivity contribution in [2.45, 2.75) is 31.7 Å². The zero-order valence-electron chi connectivity index (χ0n) is 12.0. The van der Waals surface area contributed by atoms with Crippen molar-refractivity contribution in [3.63, 3.8) is 0 Å². The summed E-state index contributed by atoms with van der Waals surface area (Å²) >= 11 is 5.76. The van der Waals surface area contributed by atoms with Gasteiger partial charge in [0.05, 0.1) is 10.9 Å². The lowest BCUT2D eigenvalue weighted by molar-refractivity contribution is 0.466.